The lowest BCUT2D eigenvalue weighted by molar-refractivity contribution is 0.0950. The summed E-state index contributed by atoms with van der Waals surface area (Å²) in [5, 5.41) is 2.96. The first-order chi connectivity index (χ1) is 27.5. The van der Waals surface area contributed by atoms with E-state index in [9.17, 15) is 4.79 Å². The summed E-state index contributed by atoms with van der Waals surface area (Å²) in [5.74, 6) is 3.54. The first-order valence-corrected chi connectivity index (χ1v) is 18.7. The minimum absolute atomic E-state index is 0.154. The van der Waals surface area contributed by atoms with Gasteiger partial charge in [0, 0.05) is 73.7 Å². The van der Waals surface area contributed by atoms with Crippen LogP contribution in [-0.4, -0.2) is 77.9 Å². The number of carbonyl (C=O) groups is 1. The molecule has 3 aromatic heterocycles. The number of aromatic nitrogens is 5. The number of hydrogen-bond acceptors (Lipinski definition) is 12. The summed E-state index contributed by atoms with van der Waals surface area (Å²) < 4.78 is 16.4. The molecule has 56 heavy (non-hydrogen) atoms. The SMILES string of the molecule is COc1ccc(CN(Cc2ccc(OC)cc2)c2ncc(-c3nc(N4CCOCC4)nc4c3CCN4c3ccc(C(=O)NCc4ccccn4)cc3)cn2)cc1. The van der Waals surface area contributed by atoms with Gasteiger partial charge in [0.2, 0.25) is 11.9 Å². The molecule has 0 spiro atoms. The highest BCUT2D eigenvalue weighted by molar-refractivity contribution is 5.94. The highest BCUT2D eigenvalue weighted by Crippen LogP contribution is 2.39. The van der Waals surface area contributed by atoms with Crippen molar-refractivity contribution in [1.82, 2.24) is 30.2 Å². The fraction of sp³-hybridized carbons (Fsp3) is 0.256. The van der Waals surface area contributed by atoms with E-state index in [1.165, 1.54) is 0 Å². The Bertz CT molecular complexity index is 2180. The summed E-state index contributed by atoms with van der Waals surface area (Å²) in [4.78, 5) is 43.9. The third kappa shape index (κ3) is 8.22. The van der Waals surface area contributed by atoms with Gasteiger partial charge < -0.3 is 34.2 Å². The van der Waals surface area contributed by atoms with Crippen molar-refractivity contribution in [2.75, 3.05) is 61.8 Å². The molecule has 284 valence electrons. The third-order valence-corrected chi connectivity index (χ3v) is 9.97. The van der Waals surface area contributed by atoms with Gasteiger partial charge >= 0.3 is 0 Å². The van der Waals surface area contributed by atoms with Gasteiger partial charge in [-0.15, -0.1) is 0 Å². The van der Waals surface area contributed by atoms with Crippen LogP contribution in [0.2, 0.25) is 0 Å². The van der Waals surface area contributed by atoms with Crippen LogP contribution in [0.4, 0.5) is 23.4 Å². The minimum atomic E-state index is -0.154. The lowest BCUT2D eigenvalue weighted by atomic mass is 10.1. The van der Waals surface area contributed by atoms with Crippen LogP contribution in [0.1, 0.15) is 32.7 Å². The number of morpholine rings is 1. The van der Waals surface area contributed by atoms with E-state index in [4.69, 9.17) is 34.1 Å². The fourth-order valence-electron chi connectivity index (χ4n) is 6.91. The van der Waals surface area contributed by atoms with Crippen molar-refractivity contribution in [2.24, 2.45) is 0 Å². The van der Waals surface area contributed by atoms with Crippen LogP contribution in [0, 0.1) is 0 Å². The molecule has 1 N–H and O–H groups in total. The molecule has 5 heterocycles. The van der Waals surface area contributed by atoms with Gasteiger partial charge in [-0.25, -0.2) is 15.0 Å². The molecule has 1 amide bonds. The number of ether oxygens (including phenoxy) is 3. The number of hydrogen-bond donors (Lipinski definition) is 1. The number of amides is 1. The second-order valence-electron chi connectivity index (χ2n) is 13.6. The van der Waals surface area contributed by atoms with E-state index in [2.05, 4.69) is 49.3 Å². The number of nitrogens with zero attached hydrogens (tertiary/aromatic N) is 8. The zero-order valence-electron chi connectivity index (χ0n) is 31.5. The van der Waals surface area contributed by atoms with Crippen molar-refractivity contribution < 1.29 is 19.0 Å². The average Bonchev–Trinajstić information content (AvgIpc) is 3.70. The molecular formula is C43H43N9O4. The average molecular weight is 750 g/mol. The van der Waals surface area contributed by atoms with Gasteiger partial charge in [-0.3, -0.25) is 9.78 Å². The lowest BCUT2D eigenvalue weighted by Crippen LogP contribution is -2.37. The maximum atomic E-state index is 13.0. The van der Waals surface area contributed by atoms with Crippen molar-refractivity contribution in [3.8, 4) is 22.8 Å². The fourth-order valence-corrected chi connectivity index (χ4v) is 6.91. The first-order valence-electron chi connectivity index (χ1n) is 18.7. The Morgan fingerprint density at radius 3 is 2.05 bits per heavy atom. The van der Waals surface area contributed by atoms with E-state index >= 15 is 0 Å². The van der Waals surface area contributed by atoms with Gasteiger partial charge in [-0.1, -0.05) is 30.3 Å². The quantitative estimate of drug-likeness (QED) is 0.148. The van der Waals surface area contributed by atoms with Crippen molar-refractivity contribution in [3.05, 3.63) is 138 Å². The van der Waals surface area contributed by atoms with Gasteiger partial charge in [-0.2, -0.15) is 4.98 Å². The normalized spacial score (nSPS) is 13.6. The van der Waals surface area contributed by atoms with Crippen LogP contribution in [0.5, 0.6) is 11.5 Å². The summed E-state index contributed by atoms with van der Waals surface area (Å²) >= 11 is 0. The van der Waals surface area contributed by atoms with Gasteiger partial charge in [0.05, 0.1) is 45.4 Å². The monoisotopic (exact) mass is 749 g/mol. The molecule has 13 nitrogen and oxygen atoms in total. The van der Waals surface area contributed by atoms with Crippen molar-refractivity contribution in [1.29, 1.82) is 0 Å². The lowest BCUT2D eigenvalue weighted by Gasteiger charge is -2.28. The number of pyridine rings is 1. The number of benzene rings is 3. The van der Waals surface area contributed by atoms with Crippen LogP contribution < -0.4 is 29.5 Å². The molecule has 2 aliphatic rings. The molecule has 0 atom stereocenters. The second kappa shape index (κ2) is 16.8. The molecule has 0 radical (unpaired) electrons. The second-order valence-corrected chi connectivity index (χ2v) is 13.6. The molecule has 13 heteroatoms. The summed E-state index contributed by atoms with van der Waals surface area (Å²) in [6.45, 7) is 4.88. The highest BCUT2D eigenvalue weighted by atomic mass is 16.5. The molecular weight excluding hydrogens is 707 g/mol. The van der Waals surface area contributed by atoms with Crippen LogP contribution in [0.15, 0.2) is 110 Å². The van der Waals surface area contributed by atoms with E-state index in [1.54, 1.807) is 20.4 Å². The first kappa shape index (κ1) is 36.4. The Kier molecular flexibility index (Phi) is 10.9. The predicted octanol–water partition coefficient (Wildman–Crippen LogP) is 6.01. The van der Waals surface area contributed by atoms with Crippen LogP contribution in [0.3, 0.4) is 0 Å². The molecule has 3 aromatic carbocycles. The highest BCUT2D eigenvalue weighted by Gasteiger charge is 2.30. The van der Waals surface area contributed by atoms with Crippen LogP contribution in [-0.2, 0) is 30.8 Å². The number of anilines is 4. The zero-order valence-corrected chi connectivity index (χ0v) is 31.5. The molecule has 8 rings (SSSR count). The van der Waals surface area contributed by atoms with Gasteiger partial charge in [0.1, 0.15) is 17.3 Å². The molecule has 1 saturated heterocycles. The van der Waals surface area contributed by atoms with Crippen molar-refractivity contribution in [2.45, 2.75) is 26.1 Å². The van der Waals surface area contributed by atoms with E-state index in [-0.39, 0.29) is 5.91 Å². The molecule has 0 saturated carbocycles. The summed E-state index contributed by atoms with van der Waals surface area (Å²) in [6, 6.07) is 29.4. The summed E-state index contributed by atoms with van der Waals surface area (Å²) in [7, 11) is 3.33. The molecule has 0 aliphatic carbocycles. The van der Waals surface area contributed by atoms with E-state index < -0.39 is 0 Å². The Balaban J connectivity index is 1.08. The summed E-state index contributed by atoms with van der Waals surface area (Å²) in [6.07, 6.45) is 6.19. The van der Waals surface area contributed by atoms with Crippen LogP contribution in [0.25, 0.3) is 11.3 Å². The zero-order chi connectivity index (χ0) is 38.3. The number of methoxy groups -OCH3 is 2. The maximum absolute atomic E-state index is 13.0. The summed E-state index contributed by atoms with van der Waals surface area (Å²) in [5.41, 5.74) is 7.20. The van der Waals surface area contributed by atoms with Gasteiger partial charge in [0.15, 0.2) is 0 Å². The van der Waals surface area contributed by atoms with Crippen LogP contribution >= 0.6 is 0 Å². The topological polar surface area (TPSA) is 131 Å². The van der Waals surface area contributed by atoms with Gasteiger partial charge in [-0.05, 0) is 78.2 Å². The van der Waals surface area contributed by atoms with Crippen molar-refractivity contribution >= 4 is 29.3 Å². The van der Waals surface area contributed by atoms with E-state index in [1.807, 2.05) is 79.1 Å². The van der Waals surface area contributed by atoms with Crippen molar-refractivity contribution in [3.63, 3.8) is 0 Å². The van der Waals surface area contributed by atoms with Gasteiger partial charge in [0.25, 0.3) is 5.91 Å². The largest absolute Gasteiger partial charge is 0.497 e. The number of nitrogens with one attached hydrogen (secondary N) is 1. The minimum Gasteiger partial charge on any atom is -0.497 e. The van der Waals surface area contributed by atoms with E-state index in [0.29, 0.717) is 69.9 Å². The van der Waals surface area contributed by atoms with E-state index in [0.717, 1.165) is 63.1 Å². The number of rotatable bonds is 13. The smallest absolute Gasteiger partial charge is 0.251 e. The molecule has 6 aromatic rings. The Morgan fingerprint density at radius 2 is 1.45 bits per heavy atom. The maximum Gasteiger partial charge on any atom is 0.251 e. The Labute approximate surface area is 326 Å². The molecule has 0 bridgehead atoms. The third-order valence-electron chi connectivity index (χ3n) is 9.97. The Hall–Kier alpha value is -6.60. The predicted molar refractivity (Wildman–Crippen MR) is 215 cm³/mol. The molecule has 0 unspecified atom stereocenters. The standard InChI is InChI=1S/C43H43N9O4/c1-54-36-14-6-30(7-15-36)28-51(29-31-8-16-37(55-2)17-9-31)42-46-25-33(26-47-42)39-38-18-20-52(40(38)49-43(48-39)50-21-23-56-24-22-50)35-12-10-32(11-13-35)41(53)45-27-34-5-3-4-19-44-34/h3-17,19,25-26H,18,20-24,27-29H2,1-2H3,(H,45,53). The molecule has 1 fully saturated rings. The molecule has 2 aliphatic heterocycles. The number of carbonyl (C=O) groups excluding carboxylic acids is 1. The Morgan fingerprint density at radius 1 is 0.786 bits per heavy atom. The number of fused-ring (bicyclic) bond motifs is 1.